The number of hydrogen-bond donors (Lipinski definition) is 1. The van der Waals surface area contributed by atoms with E-state index < -0.39 is 0 Å². The second-order valence-corrected chi connectivity index (χ2v) is 5.96. The second-order valence-electron chi connectivity index (χ2n) is 4.67. The maximum Gasteiger partial charge on any atom is 0.128 e. The maximum absolute atomic E-state index is 5.94. The Labute approximate surface area is 139 Å². The molecule has 1 N–H and O–H groups in total. The van der Waals surface area contributed by atoms with E-state index in [4.69, 9.17) is 11.6 Å². The summed E-state index contributed by atoms with van der Waals surface area (Å²) in [5.74, 6) is 1.01. The van der Waals surface area contributed by atoms with Gasteiger partial charge in [-0.3, -0.25) is 0 Å². The summed E-state index contributed by atoms with van der Waals surface area (Å²) in [4.78, 5) is 6.72. The summed E-state index contributed by atoms with van der Waals surface area (Å²) < 4.78 is 1.01. The summed E-state index contributed by atoms with van der Waals surface area (Å²) >= 11 is 9.47. The molecule has 0 aliphatic rings. The Morgan fingerprint density at radius 1 is 1.19 bits per heavy atom. The Morgan fingerprint density at radius 2 is 1.95 bits per heavy atom. The van der Waals surface area contributed by atoms with Crippen LogP contribution in [0.4, 0.5) is 11.5 Å². The molecule has 112 valence electrons. The van der Waals surface area contributed by atoms with Crippen molar-refractivity contribution in [3.05, 3.63) is 51.6 Å². The highest BCUT2D eigenvalue weighted by molar-refractivity contribution is 9.10. The van der Waals surface area contributed by atoms with Gasteiger partial charge in [-0.05, 0) is 43.7 Å². The van der Waals surface area contributed by atoms with Crippen LogP contribution in [0, 0.1) is 0 Å². The quantitative estimate of drug-likeness (QED) is 0.781. The number of benzene rings is 1. The lowest BCUT2D eigenvalue weighted by molar-refractivity contribution is 0.846. The number of pyridine rings is 1. The molecule has 0 saturated heterocycles. The largest absolute Gasteiger partial charge is 0.380 e. The zero-order valence-electron chi connectivity index (χ0n) is 12.2. The van der Waals surface area contributed by atoms with Crippen molar-refractivity contribution >= 4 is 39.0 Å². The van der Waals surface area contributed by atoms with E-state index >= 15 is 0 Å². The number of halogens is 2. The molecule has 0 aliphatic heterocycles. The molecule has 0 atom stereocenters. The summed E-state index contributed by atoms with van der Waals surface area (Å²) in [6.45, 7) is 6.93. The van der Waals surface area contributed by atoms with Gasteiger partial charge in [0.2, 0.25) is 0 Å². The predicted octanol–water partition coefficient (Wildman–Crippen LogP) is 4.96. The van der Waals surface area contributed by atoms with Crippen molar-refractivity contribution in [2.45, 2.75) is 20.4 Å². The molecule has 2 aromatic rings. The Hall–Kier alpha value is -1.26. The topological polar surface area (TPSA) is 28.2 Å². The molecule has 0 amide bonds. The zero-order valence-corrected chi connectivity index (χ0v) is 14.6. The summed E-state index contributed by atoms with van der Waals surface area (Å²) in [5, 5.41) is 4.10. The molecule has 3 nitrogen and oxygen atoms in total. The minimum absolute atomic E-state index is 0.726. The molecule has 2 rings (SSSR count). The van der Waals surface area contributed by atoms with Crippen molar-refractivity contribution < 1.29 is 0 Å². The molecule has 0 saturated carbocycles. The standard InChI is InChI=1S/C16H19BrClN3/c1-3-21(4-2)16-8-7-14(11-20-16)19-10-12-5-6-13(18)9-15(12)17/h5-9,11,19H,3-4,10H2,1-2H3. The minimum Gasteiger partial charge on any atom is -0.380 e. The van der Waals surface area contributed by atoms with E-state index in [9.17, 15) is 0 Å². The van der Waals surface area contributed by atoms with E-state index in [-0.39, 0.29) is 0 Å². The molecular weight excluding hydrogens is 350 g/mol. The number of hydrogen-bond acceptors (Lipinski definition) is 3. The molecule has 21 heavy (non-hydrogen) atoms. The van der Waals surface area contributed by atoms with Crippen molar-refractivity contribution in [3.8, 4) is 0 Å². The molecule has 0 radical (unpaired) electrons. The van der Waals surface area contributed by atoms with Crippen molar-refractivity contribution in [1.29, 1.82) is 0 Å². The van der Waals surface area contributed by atoms with Gasteiger partial charge in [0.1, 0.15) is 5.82 Å². The lowest BCUT2D eigenvalue weighted by atomic mass is 10.2. The molecule has 0 fully saturated rings. The Bertz CT molecular complexity index is 583. The lowest BCUT2D eigenvalue weighted by Gasteiger charge is -2.19. The second kappa shape index (κ2) is 7.66. The fourth-order valence-electron chi connectivity index (χ4n) is 2.09. The molecule has 0 spiro atoms. The van der Waals surface area contributed by atoms with Crippen molar-refractivity contribution in [1.82, 2.24) is 4.98 Å². The summed E-state index contributed by atoms with van der Waals surface area (Å²) in [6.07, 6.45) is 1.87. The number of rotatable bonds is 6. The van der Waals surface area contributed by atoms with Crippen LogP contribution in [0.5, 0.6) is 0 Å². The molecule has 1 aromatic heterocycles. The van der Waals surface area contributed by atoms with Gasteiger partial charge < -0.3 is 10.2 Å². The normalized spacial score (nSPS) is 10.5. The highest BCUT2D eigenvalue weighted by Gasteiger charge is 2.04. The van der Waals surface area contributed by atoms with Crippen LogP contribution in [0.2, 0.25) is 5.02 Å². The predicted molar refractivity (Wildman–Crippen MR) is 94.3 cm³/mol. The first-order chi connectivity index (χ1) is 10.1. The Morgan fingerprint density at radius 3 is 2.52 bits per heavy atom. The van der Waals surface area contributed by atoms with Gasteiger partial charge >= 0.3 is 0 Å². The van der Waals surface area contributed by atoms with Crippen LogP contribution in [0.25, 0.3) is 0 Å². The average Bonchev–Trinajstić information content (AvgIpc) is 2.49. The number of nitrogens with one attached hydrogen (secondary N) is 1. The third kappa shape index (κ3) is 4.35. The van der Waals surface area contributed by atoms with E-state index in [1.807, 2.05) is 30.5 Å². The average molecular weight is 369 g/mol. The maximum atomic E-state index is 5.94. The first kappa shape index (κ1) is 16.1. The summed E-state index contributed by atoms with van der Waals surface area (Å²) in [7, 11) is 0. The molecule has 5 heteroatoms. The van der Waals surface area contributed by atoms with Gasteiger partial charge in [-0.25, -0.2) is 4.98 Å². The van der Waals surface area contributed by atoms with Crippen LogP contribution in [-0.2, 0) is 6.54 Å². The molecular formula is C16H19BrClN3. The monoisotopic (exact) mass is 367 g/mol. The third-order valence-corrected chi connectivity index (χ3v) is 4.31. The van der Waals surface area contributed by atoms with E-state index in [0.717, 1.165) is 46.2 Å². The molecule has 0 aliphatic carbocycles. The van der Waals surface area contributed by atoms with E-state index in [0.29, 0.717) is 0 Å². The van der Waals surface area contributed by atoms with Gasteiger partial charge in [-0.1, -0.05) is 33.6 Å². The highest BCUT2D eigenvalue weighted by Crippen LogP contribution is 2.22. The van der Waals surface area contributed by atoms with Gasteiger partial charge in [-0.15, -0.1) is 0 Å². The van der Waals surface area contributed by atoms with Gasteiger partial charge in [0, 0.05) is 29.1 Å². The Balaban J connectivity index is 2.00. The van der Waals surface area contributed by atoms with Crippen LogP contribution in [0.3, 0.4) is 0 Å². The highest BCUT2D eigenvalue weighted by atomic mass is 79.9. The van der Waals surface area contributed by atoms with E-state index in [1.165, 1.54) is 0 Å². The van der Waals surface area contributed by atoms with Gasteiger partial charge in [0.05, 0.1) is 11.9 Å². The number of aromatic nitrogens is 1. The first-order valence-electron chi connectivity index (χ1n) is 7.02. The summed E-state index contributed by atoms with van der Waals surface area (Å²) in [6, 6.07) is 9.92. The van der Waals surface area contributed by atoms with Gasteiger partial charge in [0.15, 0.2) is 0 Å². The Kier molecular flexibility index (Phi) is 5.88. The van der Waals surface area contributed by atoms with Crippen molar-refractivity contribution in [3.63, 3.8) is 0 Å². The van der Waals surface area contributed by atoms with Crippen LogP contribution in [0.1, 0.15) is 19.4 Å². The lowest BCUT2D eigenvalue weighted by Crippen LogP contribution is -2.22. The zero-order chi connectivity index (χ0) is 15.2. The van der Waals surface area contributed by atoms with Gasteiger partial charge in [-0.2, -0.15) is 0 Å². The van der Waals surface area contributed by atoms with E-state index in [1.54, 1.807) is 0 Å². The molecule has 0 unspecified atom stereocenters. The van der Waals surface area contributed by atoms with Crippen LogP contribution >= 0.6 is 27.5 Å². The smallest absolute Gasteiger partial charge is 0.128 e. The van der Waals surface area contributed by atoms with Crippen molar-refractivity contribution in [2.24, 2.45) is 0 Å². The molecule has 1 aromatic carbocycles. The minimum atomic E-state index is 0.726. The fraction of sp³-hybridized carbons (Fsp3) is 0.312. The summed E-state index contributed by atoms with van der Waals surface area (Å²) in [5.41, 5.74) is 2.17. The SMILES string of the molecule is CCN(CC)c1ccc(NCc2ccc(Cl)cc2Br)cn1. The molecule has 0 bridgehead atoms. The first-order valence-corrected chi connectivity index (χ1v) is 8.20. The van der Waals surface area contributed by atoms with Crippen molar-refractivity contribution in [2.75, 3.05) is 23.3 Å². The number of nitrogens with zero attached hydrogens (tertiary/aromatic N) is 2. The van der Waals surface area contributed by atoms with Gasteiger partial charge in [0.25, 0.3) is 0 Å². The fourth-order valence-corrected chi connectivity index (χ4v) is 2.91. The van der Waals surface area contributed by atoms with Crippen LogP contribution < -0.4 is 10.2 Å². The molecule has 1 heterocycles. The van der Waals surface area contributed by atoms with Crippen LogP contribution in [0.15, 0.2) is 41.0 Å². The van der Waals surface area contributed by atoms with E-state index in [2.05, 4.69) is 51.0 Å². The third-order valence-electron chi connectivity index (χ3n) is 3.33. The number of anilines is 2. The van der Waals surface area contributed by atoms with Crippen LogP contribution in [-0.4, -0.2) is 18.1 Å².